The molecule has 5 heteroatoms. The van der Waals surface area contributed by atoms with E-state index in [1.165, 1.54) is 19.2 Å². The largest absolute Gasteiger partial charge is 0.497 e. The third kappa shape index (κ3) is 2.77. The number of ketones is 1. The molecule has 0 heterocycles. The van der Waals surface area contributed by atoms with E-state index in [1.54, 1.807) is 0 Å². The van der Waals surface area contributed by atoms with E-state index in [0.717, 1.165) is 6.07 Å². The van der Waals surface area contributed by atoms with Crippen LogP contribution in [0, 0.1) is 5.82 Å². The Labute approximate surface area is 85.3 Å². The van der Waals surface area contributed by atoms with Gasteiger partial charge < -0.3 is 9.84 Å². The first kappa shape index (κ1) is 11.2. The number of hydrogen-bond acceptors (Lipinski definition) is 3. The zero-order valence-corrected chi connectivity index (χ0v) is 7.99. The van der Waals surface area contributed by atoms with Crippen LogP contribution in [-0.2, 0) is 16.0 Å². The maximum Gasteiger partial charge on any atom is 0.372 e. The molecule has 0 radical (unpaired) electrons. The van der Waals surface area contributed by atoms with Crippen molar-refractivity contribution in [3.05, 3.63) is 29.6 Å². The molecular weight excluding hydrogens is 203 g/mol. The minimum absolute atomic E-state index is 0.0155. The molecule has 0 atom stereocenters. The zero-order valence-electron chi connectivity index (χ0n) is 7.99. The number of methoxy groups -OCH3 is 1. The molecule has 0 unspecified atom stereocenters. The number of carboxylic acid groups (broad SMARTS) is 1. The van der Waals surface area contributed by atoms with Gasteiger partial charge in [-0.3, -0.25) is 4.79 Å². The Morgan fingerprint density at radius 1 is 1.47 bits per heavy atom. The van der Waals surface area contributed by atoms with Crippen molar-refractivity contribution in [2.75, 3.05) is 7.11 Å². The number of hydrogen-bond donors (Lipinski definition) is 1. The molecule has 80 valence electrons. The molecule has 0 aliphatic heterocycles. The maximum atomic E-state index is 13.1. The summed E-state index contributed by atoms with van der Waals surface area (Å²) in [4.78, 5) is 21.1. The lowest BCUT2D eigenvalue weighted by molar-refractivity contribution is -0.148. The van der Waals surface area contributed by atoms with Crippen molar-refractivity contribution in [3.8, 4) is 5.75 Å². The van der Waals surface area contributed by atoms with Gasteiger partial charge in [0.15, 0.2) is 0 Å². The van der Waals surface area contributed by atoms with Gasteiger partial charge in [0.2, 0.25) is 5.78 Å². The van der Waals surface area contributed by atoms with Gasteiger partial charge in [-0.2, -0.15) is 0 Å². The highest BCUT2D eigenvalue weighted by molar-refractivity contribution is 6.33. The number of halogens is 1. The van der Waals surface area contributed by atoms with Crippen LogP contribution in [0.2, 0.25) is 0 Å². The standard InChI is InChI=1S/C10H9FO4/c1-15-7-2-3-8(11)6(4-7)5-9(12)10(13)14/h2-4H,5H2,1H3,(H,13,14). The van der Waals surface area contributed by atoms with Crippen molar-refractivity contribution in [1.82, 2.24) is 0 Å². The molecule has 1 aromatic carbocycles. The van der Waals surface area contributed by atoms with Gasteiger partial charge in [0.1, 0.15) is 11.6 Å². The Balaban J connectivity index is 2.93. The van der Waals surface area contributed by atoms with Crippen LogP contribution < -0.4 is 4.74 Å². The summed E-state index contributed by atoms with van der Waals surface area (Å²) in [6.07, 6.45) is -0.474. The lowest BCUT2D eigenvalue weighted by Gasteiger charge is -2.03. The van der Waals surface area contributed by atoms with Gasteiger partial charge in [-0.25, -0.2) is 9.18 Å². The van der Waals surface area contributed by atoms with Gasteiger partial charge >= 0.3 is 5.97 Å². The van der Waals surface area contributed by atoms with Crippen LogP contribution >= 0.6 is 0 Å². The number of benzene rings is 1. The Morgan fingerprint density at radius 2 is 2.13 bits per heavy atom. The predicted octanol–water partition coefficient (Wildman–Crippen LogP) is 1.03. The van der Waals surface area contributed by atoms with Gasteiger partial charge in [-0.1, -0.05) is 0 Å². The number of rotatable bonds is 4. The summed E-state index contributed by atoms with van der Waals surface area (Å²) in [5, 5.41) is 8.36. The molecule has 0 aliphatic rings. The first-order valence-corrected chi connectivity index (χ1v) is 4.13. The molecular formula is C10H9FO4. The van der Waals surface area contributed by atoms with Crippen LogP contribution in [0.3, 0.4) is 0 Å². The Morgan fingerprint density at radius 3 is 2.67 bits per heavy atom. The summed E-state index contributed by atoms with van der Waals surface area (Å²) in [5.41, 5.74) is 0.0155. The molecule has 0 saturated carbocycles. The predicted molar refractivity (Wildman–Crippen MR) is 49.3 cm³/mol. The lowest BCUT2D eigenvalue weighted by atomic mass is 10.1. The molecule has 0 saturated heterocycles. The van der Waals surface area contributed by atoms with Crippen LogP contribution in [0.15, 0.2) is 18.2 Å². The van der Waals surface area contributed by atoms with E-state index < -0.39 is 24.0 Å². The monoisotopic (exact) mass is 212 g/mol. The molecule has 0 amide bonds. The minimum Gasteiger partial charge on any atom is -0.497 e. The van der Waals surface area contributed by atoms with Crippen LogP contribution in [0.25, 0.3) is 0 Å². The number of carbonyl (C=O) groups excluding carboxylic acids is 1. The van der Waals surface area contributed by atoms with Crippen LogP contribution in [0.1, 0.15) is 5.56 Å². The van der Waals surface area contributed by atoms with E-state index in [0.29, 0.717) is 5.75 Å². The second-order valence-corrected chi connectivity index (χ2v) is 2.86. The summed E-state index contributed by atoms with van der Waals surface area (Å²) < 4.78 is 18.0. The second kappa shape index (κ2) is 4.54. The van der Waals surface area contributed by atoms with E-state index in [-0.39, 0.29) is 5.56 Å². The molecule has 0 bridgehead atoms. The third-order valence-electron chi connectivity index (χ3n) is 1.84. The van der Waals surface area contributed by atoms with Crippen molar-refractivity contribution >= 4 is 11.8 Å². The van der Waals surface area contributed by atoms with Crippen molar-refractivity contribution < 1.29 is 23.8 Å². The van der Waals surface area contributed by atoms with Crippen LogP contribution in [-0.4, -0.2) is 24.0 Å². The number of ether oxygens (including phenoxy) is 1. The Bertz CT molecular complexity index is 400. The quantitative estimate of drug-likeness (QED) is 0.757. The van der Waals surface area contributed by atoms with E-state index in [9.17, 15) is 14.0 Å². The van der Waals surface area contributed by atoms with Gasteiger partial charge in [0.25, 0.3) is 0 Å². The average Bonchev–Trinajstić information content (AvgIpc) is 2.21. The fraction of sp³-hybridized carbons (Fsp3) is 0.200. The minimum atomic E-state index is -1.57. The fourth-order valence-electron chi connectivity index (χ4n) is 1.06. The Kier molecular flexibility index (Phi) is 3.38. The number of aliphatic carboxylic acids is 1. The number of carbonyl (C=O) groups is 2. The molecule has 1 rings (SSSR count). The molecule has 0 aliphatic carbocycles. The second-order valence-electron chi connectivity index (χ2n) is 2.86. The first-order valence-electron chi connectivity index (χ1n) is 4.13. The first-order chi connectivity index (χ1) is 7.04. The average molecular weight is 212 g/mol. The lowest BCUT2D eigenvalue weighted by Crippen LogP contribution is -2.15. The normalized spacial score (nSPS) is 9.73. The molecule has 1 N–H and O–H groups in total. The molecule has 4 nitrogen and oxygen atoms in total. The van der Waals surface area contributed by atoms with E-state index in [4.69, 9.17) is 9.84 Å². The van der Waals surface area contributed by atoms with Gasteiger partial charge in [-0.15, -0.1) is 0 Å². The zero-order chi connectivity index (χ0) is 11.4. The smallest absolute Gasteiger partial charge is 0.372 e. The highest BCUT2D eigenvalue weighted by atomic mass is 19.1. The van der Waals surface area contributed by atoms with Crippen molar-refractivity contribution in [3.63, 3.8) is 0 Å². The highest BCUT2D eigenvalue weighted by Gasteiger charge is 2.15. The van der Waals surface area contributed by atoms with Crippen molar-refractivity contribution in [2.45, 2.75) is 6.42 Å². The third-order valence-corrected chi connectivity index (χ3v) is 1.84. The van der Waals surface area contributed by atoms with Crippen molar-refractivity contribution in [2.24, 2.45) is 0 Å². The van der Waals surface area contributed by atoms with E-state index in [2.05, 4.69) is 0 Å². The maximum absolute atomic E-state index is 13.1. The summed E-state index contributed by atoms with van der Waals surface area (Å²) in [5.74, 6) is -2.87. The van der Waals surface area contributed by atoms with Gasteiger partial charge in [0.05, 0.1) is 7.11 Å². The topological polar surface area (TPSA) is 63.6 Å². The van der Waals surface area contributed by atoms with Gasteiger partial charge in [-0.05, 0) is 23.8 Å². The Hall–Kier alpha value is -1.91. The van der Waals surface area contributed by atoms with Crippen LogP contribution in [0.4, 0.5) is 4.39 Å². The summed E-state index contributed by atoms with van der Waals surface area (Å²) in [6, 6.07) is 3.82. The summed E-state index contributed by atoms with van der Waals surface area (Å²) >= 11 is 0. The number of Topliss-reactive ketones (excluding diaryl/α,β-unsaturated/α-hetero) is 1. The molecule has 0 spiro atoms. The summed E-state index contributed by atoms with van der Waals surface area (Å²) in [7, 11) is 1.40. The number of carboxylic acids is 1. The highest BCUT2D eigenvalue weighted by Crippen LogP contribution is 2.17. The summed E-state index contributed by atoms with van der Waals surface area (Å²) in [6.45, 7) is 0. The van der Waals surface area contributed by atoms with Gasteiger partial charge in [0, 0.05) is 6.42 Å². The van der Waals surface area contributed by atoms with Crippen molar-refractivity contribution in [1.29, 1.82) is 0 Å². The van der Waals surface area contributed by atoms with E-state index in [1.807, 2.05) is 0 Å². The molecule has 0 fully saturated rings. The van der Waals surface area contributed by atoms with Crippen LogP contribution in [0.5, 0.6) is 5.75 Å². The SMILES string of the molecule is COc1ccc(F)c(CC(=O)C(=O)O)c1. The van der Waals surface area contributed by atoms with E-state index >= 15 is 0 Å². The fourth-order valence-corrected chi connectivity index (χ4v) is 1.06. The molecule has 1 aromatic rings. The molecule has 15 heavy (non-hydrogen) atoms. The molecule has 0 aromatic heterocycles.